The van der Waals surface area contributed by atoms with Gasteiger partial charge in [0.15, 0.2) is 11.6 Å². The summed E-state index contributed by atoms with van der Waals surface area (Å²) < 4.78 is 0. The molecule has 0 spiro atoms. The number of nitrogens with zero attached hydrogens (tertiary/aromatic N) is 4. The van der Waals surface area contributed by atoms with Crippen LogP contribution < -0.4 is 0 Å². The van der Waals surface area contributed by atoms with Crippen LogP contribution in [0.15, 0.2) is 188 Å². The van der Waals surface area contributed by atoms with Crippen molar-refractivity contribution in [2.75, 3.05) is 0 Å². The molecule has 2 bridgehead atoms. The SMILES string of the molecule is c1ccc(-c2cc(-c3cccc4c(-c5cc(-c6ccccc6-c6ccccc6)nc(-c6ccccc6)n5)cccc34)nc(-c3ccc(C45CCC(CC4)C5)cc3)n2)cc1. The van der Waals surface area contributed by atoms with Crippen LogP contribution in [0.5, 0.6) is 0 Å². The van der Waals surface area contributed by atoms with Crippen LogP contribution in [0.4, 0.5) is 0 Å². The number of hydrogen-bond acceptors (Lipinski definition) is 4. The highest BCUT2D eigenvalue weighted by Crippen LogP contribution is 2.55. The molecule has 0 N–H and O–H groups in total. The van der Waals surface area contributed by atoms with Crippen LogP contribution in [-0.2, 0) is 5.41 Å². The first-order valence-electron chi connectivity index (χ1n) is 20.8. The molecule has 11 rings (SSSR count). The molecule has 2 heterocycles. The van der Waals surface area contributed by atoms with Crippen molar-refractivity contribution < 1.29 is 0 Å². The summed E-state index contributed by atoms with van der Waals surface area (Å²) in [7, 11) is 0. The Morgan fingerprint density at radius 3 is 1.36 bits per heavy atom. The minimum atomic E-state index is 0.360. The Morgan fingerprint density at radius 2 is 0.797 bits per heavy atom. The molecular formula is C55H42N4. The van der Waals surface area contributed by atoms with Gasteiger partial charge in [-0.3, -0.25) is 0 Å². The molecule has 0 radical (unpaired) electrons. The third kappa shape index (κ3) is 6.51. The summed E-state index contributed by atoms with van der Waals surface area (Å²) in [4.78, 5) is 21.0. The van der Waals surface area contributed by atoms with E-state index in [9.17, 15) is 0 Å². The molecule has 0 unspecified atom stereocenters. The first kappa shape index (κ1) is 35.1. The summed E-state index contributed by atoms with van der Waals surface area (Å²) in [5.41, 5.74) is 13.9. The van der Waals surface area contributed by atoms with Crippen molar-refractivity contribution in [3.05, 3.63) is 194 Å². The highest BCUT2D eigenvalue weighted by atomic mass is 14.9. The fraction of sp³-hybridized carbons (Fsp3) is 0.127. The summed E-state index contributed by atoms with van der Waals surface area (Å²) in [5, 5.41) is 2.20. The Kier molecular flexibility index (Phi) is 8.77. The van der Waals surface area contributed by atoms with Crippen molar-refractivity contribution in [3.8, 4) is 78.9 Å². The van der Waals surface area contributed by atoms with Gasteiger partial charge in [0.05, 0.1) is 22.8 Å². The van der Waals surface area contributed by atoms with E-state index in [0.29, 0.717) is 11.2 Å². The maximum atomic E-state index is 5.33. The fourth-order valence-electron chi connectivity index (χ4n) is 9.81. The Labute approximate surface area is 345 Å². The Bertz CT molecular complexity index is 2950. The summed E-state index contributed by atoms with van der Waals surface area (Å²) in [6, 6.07) is 66.3. The molecule has 282 valence electrons. The minimum absolute atomic E-state index is 0.360. The molecule has 0 atom stereocenters. The summed E-state index contributed by atoms with van der Waals surface area (Å²) in [6.07, 6.45) is 6.71. The van der Waals surface area contributed by atoms with E-state index in [4.69, 9.17) is 19.9 Å². The van der Waals surface area contributed by atoms with E-state index in [2.05, 4.69) is 170 Å². The lowest BCUT2D eigenvalue weighted by Crippen LogP contribution is -2.19. The van der Waals surface area contributed by atoms with Gasteiger partial charge in [0.25, 0.3) is 0 Å². The van der Waals surface area contributed by atoms with E-state index in [1.54, 1.807) is 0 Å². The second kappa shape index (κ2) is 14.7. The van der Waals surface area contributed by atoms with Crippen LogP contribution in [0.2, 0.25) is 0 Å². The monoisotopic (exact) mass is 758 g/mol. The summed E-state index contributed by atoms with van der Waals surface area (Å²) >= 11 is 0. The van der Waals surface area contributed by atoms with Gasteiger partial charge < -0.3 is 0 Å². The summed E-state index contributed by atoms with van der Waals surface area (Å²) in [5.74, 6) is 2.33. The van der Waals surface area contributed by atoms with Gasteiger partial charge in [-0.05, 0) is 83.0 Å². The van der Waals surface area contributed by atoms with Gasteiger partial charge in [-0.15, -0.1) is 0 Å². The van der Waals surface area contributed by atoms with Crippen molar-refractivity contribution in [1.29, 1.82) is 0 Å². The molecule has 2 fully saturated rings. The number of aromatic nitrogens is 4. The van der Waals surface area contributed by atoms with E-state index < -0.39 is 0 Å². The second-order valence-electron chi connectivity index (χ2n) is 16.3. The Hall–Kier alpha value is -7.04. The molecule has 7 aromatic carbocycles. The van der Waals surface area contributed by atoms with Crippen LogP contribution in [0.3, 0.4) is 0 Å². The lowest BCUT2D eigenvalue weighted by Gasteiger charge is -2.27. The van der Waals surface area contributed by atoms with Gasteiger partial charge in [-0.25, -0.2) is 19.9 Å². The van der Waals surface area contributed by atoms with E-state index in [0.717, 1.165) is 89.8 Å². The molecule has 4 heteroatoms. The third-order valence-corrected chi connectivity index (χ3v) is 12.8. The van der Waals surface area contributed by atoms with Crippen molar-refractivity contribution in [1.82, 2.24) is 19.9 Å². The highest BCUT2D eigenvalue weighted by molar-refractivity contribution is 6.04. The van der Waals surface area contributed by atoms with Crippen molar-refractivity contribution in [2.24, 2.45) is 5.92 Å². The third-order valence-electron chi connectivity index (χ3n) is 12.8. The van der Waals surface area contributed by atoms with Crippen LogP contribution in [0, 0.1) is 5.92 Å². The lowest BCUT2D eigenvalue weighted by molar-refractivity contribution is 0.419. The zero-order valence-electron chi connectivity index (χ0n) is 32.8. The maximum Gasteiger partial charge on any atom is 0.160 e. The fourth-order valence-corrected chi connectivity index (χ4v) is 9.81. The molecule has 0 saturated heterocycles. The minimum Gasteiger partial charge on any atom is -0.228 e. The van der Waals surface area contributed by atoms with Gasteiger partial charge in [0.2, 0.25) is 0 Å². The molecular weight excluding hydrogens is 717 g/mol. The predicted molar refractivity (Wildman–Crippen MR) is 241 cm³/mol. The van der Waals surface area contributed by atoms with E-state index in [1.807, 2.05) is 18.2 Å². The van der Waals surface area contributed by atoms with E-state index in [-0.39, 0.29) is 0 Å². The van der Waals surface area contributed by atoms with Crippen molar-refractivity contribution >= 4 is 10.8 Å². The first-order chi connectivity index (χ1) is 29.2. The molecule has 2 saturated carbocycles. The van der Waals surface area contributed by atoms with Crippen LogP contribution in [0.25, 0.3) is 89.7 Å². The number of rotatable bonds is 8. The molecule has 9 aromatic rings. The van der Waals surface area contributed by atoms with E-state index in [1.165, 1.54) is 37.7 Å². The van der Waals surface area contributed by atoms with Gasteiger partial charge >= 0.3 is 0 Å². The average molecular weight is 759 g/mol. The topological polar surface area (TPSA) is 51.6 Å². The quantitative estimate of drug-likeness (QED) is 0.155. The van der Waals surface area contributed by atoms with Crippen molar-refractivity contribution in [2.45, 2.75) is 37.5 Å². The molecule has 2 aliphatic carbocycles. The van der Waals surface area contributed by atoms with Gasteiger partial charge in [0.1, 0.15) is 0 Å². The zero-order valence-corrected chi connectivity index (χ0v) is 32.8. The number of hydrogen-bond donors (Lipinski definition) is 0. The van der Waals surface area contributed by atoms with Gasteiger partial charge in [-0.1, -0.05) is 176 Å². The molecule has 2 aliphatic rings. The van der Waals surface area contributed by atoms with Gasteiger partial charge in [0, 0.05) is 33.4 Å². The maximum absolute atomic E-state index is 5.33. The molecule has 2 aromatic heterocycles. The largest absolute Gasteiger partial charge is 0.228 e. The van der Waals surface area contributed by atoms with Crippen molar-refractivity contribution in [3.63, 3.8) is 0 Å². The summed E-state index contributed by atoms with van der Waals surface area (Å²) in [6.45, 7) is 0. The molecule has 59 heavy (non-hydrogen) atoms. The van der Waals surface area contributed by atoms with Crippen LogP contribution in [-0.4, -0.2) is 19.9 Å². The molecule has 4 nitrogen and oxygen atoms in total. The lowest BCUT2D eigenvalue weighted by atomic mass is 9.77. The highest BCUT2D eigenvalue weighted by Gasteiger charge is 2.45. The zero-order chi connectivity index (χ0) is 39.2. The normalized spacial score (nSPS) is 17.1. The average Bonchev–Trinajstić information content (AvgIpc) is 3.95. The standard InChI is InChI=1S/C55H42N4/c1-4-14-38(15-5-1)43-20-10-11-21-46(43)51-35-52(59-53(58-51)40-18-8-3-9-19-40)48-25-13-22-44-45(48)23-12-24-47(44)50-34-49(39-16-6-2-7-17-39)56-54(57-50)41-26-28-42(29-27-41)55-32-30-37(36-55)31-33-55/h1-29,34-35,37H,30-33,36H2. The van der Waals surface area contributed by atoms with Crippen LogP contribution >= 0.6 is 0 Å². The van der Waals surface area contributed by atoms with Gasteiger partial charge in [-0.2, -0.15) is 0 Å². The van der Waals surface area contributed by atoms with Crippen LogP contribution in [0.1, 0.15) is 37.7 Å². The van der Waals surface area contributed by atoms with E-state index >= 15 is 0 Å². The Balaban J connectivity index is 1.06. The predicted octanol–water partition coefficient (Wildman–Crippen LogP) is 13.9. The second-order valence-corrected chi connectivity index (χ2v) is 16.3. The first-order valence-corrected chi connectivity index (χ1v) is 20.8. The smallest absolute Gasteiger partial charge is 0.160 e. The molecule has 0 amide bonds. The number of fused-ring (bicyclic) bond motifs is 3. The molecule has 0 aliphatic heterocycles. The Morgan fingerprint density at radius 1 is 0.356 bits per heavy atom. The number of benzene rings is 7.